The van der Waals surface area contributed by atoms with Gasteiger partial charge in [0.25, 0.3) is 0 Å². The summed E-state index contributed by atoms with van der Waals surface area (Å²) >= 11 is 6.17. The summed E-state index contributed by atoms with van der Waals surface area (Å²) in [7, 11) is 0. The number of carbonyl (C=O) groups excluding carboxylic acids is 2. The van der Waals surface area contributed by atoms with Gasteiger partial charge in [0.05, 0.1) is 25.2 Å². The van der Waals surface area contributed by atoms with Crippen LogP contribution in [0.2, 0.25) is 5.02 Å². The largest absolute Gasteiger partial charge is 0.379 e. The van der Waals surface area contributed by atoms with E-state index in [0.717, 1.165) is 70.5 Å². The molecule has 1 aliphatic carbocycles. The Kier molecular flexibility index (Phi) is 7.71. The molecule has 6 nitrogen and oxygen atoms in total. The number of hydrogen-bond acceptors (Lipinski definition) is 4. The van der Waals surface area contributed by atoms with E-state index in [9.17, 15) is 9.59 Å². The quantitative estimate of drug-likeness (QED) is 0.726. The van der Waals surface area contributed by atoms with Gasteiger partial charge in [-0.05, 0) is 30.5 Å². The Morgan fingerprint density at radius 2 is 1.86 bits per heavy atom. The fourth-order valence-electron chi connectivity index (χ4n) is 4.16. The van der Waals surface area contributed by atoms with Crippen LogP contribution in [0.1, 0.15) is 37.7 Å². The first-order valence-electron chi connectivity index (χ1n) is 10.2. The molecule has 1 aromatic rings. The molecule has 0 bridgehead atoms. The number of amides is 2. The predicted octanol–water partition coefficient (Wildman–Crippen LogP) is 2.11. The van der Waals surface area contributed by atoms with E-state index in [1.807, 2.05) is 24.3 Å². The summed E-state index contributed by atoms with van der Waals surface area (Å²) in [5.74, 6) is -0.226. The van der Waals surface area contributed by atoms with Gasteiger partial charge in [-0.15, -0.1) is 0 Å². The Labute approximate surface area is 171 Å². The maximum Gasteiger partial charge on any atom is 0.239 e. The van der Waals surface area contributed by atoms with Crippen LogP contribution >= 0.6 is 11.6 Å². The third kappa shape index (κ3) is 5.46. The first kappa shape index (κ1) is 21.1. The van der Waals surface area contributed by atoms with Crippen LogP contribution in [0.4, 0.5) is 0 Å². The first-order chi connectivity index (χ1) is 13.6. The van der Waals surface area contributed by atoms with Gasteiger partial charge in [0.1, 0.15) is 0 Å². The maximum atomic E-state index is 13.1. The lowest BCUT2D eigenvalue weighted by Gasteiger charge is -2.36. The highest BCUT2D eigenvalue weighted by atomic mass is 35.5. The minimum absolute atomic E-state index is 0.00423. The van der Waals surface area contributed by atoms with Gasteiger partial charge in [0.15, 0.2) is 0 Å². The van der Waals surface area contributed by atoms with Gasteiger partial charge >= 0.3 is 0 Å². The molecule has 3 rings (SSSR count). The molecule has 0 aromatic heterocycles. The zero-order valence-electron chi connectivity index (χ0n) is 16.3. The molecule has 0 atom stereocenters. The van der Waals surface area contributed by atoms with Gasteiger partial charge in [-0.25, -0.2) is 0 Å². The Hall–Kier alpha value is -1.63. The van der Waals surface area contributed by atoms with Crippen LogP contribution in [0.15, 0.2) is 24.3 Å². The summed E-state index contributed by atoms with van der Waals surface area (Å²) in [6.07, 6.45) is 4.73. The molecule has 0 unspecified atom stereocenters. The summed E-state index contributed by atoms with van der Waals surface area (Å²) in [4.78, 5) is 27.5. The standard InChI is InChI=1S/C21H30ClN3O3/c22-18-6-4-5-17(15-18)21(7-2-1-3-8-21)20(27)24-16-19(26)23-9-10-25-11-13-28-14-12-25/h4-6,15H,1-3,7-14,16H2,(H,23,26)(H,24,27). The summed E-state index contributed by atoms with van der Waals surface area (Å²) < 4.78 is 5.32. The van der Waals surface area contributed by atoms with Crippen molar-refractivity contribution in [1.82, 2.24) is 15.5 Å². The lowest BCUT2D eigenvalue weighted by atomic mass is 9.68. The molecule has 1 heterocycles. The summed E-state index contributed by atoms with van der Waals surface area (Å²) in [6, 6.07) is 7.56. The highest BCUT2D eigenvalue weighted by Crippen LogP contribution is 2.40. The van der Waals surface area contributed by atoms with E-state index < -0.39 is 5.41 Å². The lowest BCUT2D eigenvalue weighted by Crippen LogP contribution is -2.49. The van der Waals surface area contributed by atoms with Crippen molar-refractivity contribution in [1.29, 1.82) is 0 Å². The molecule has 0 radical (unpaired) electrons. The second kappa shape index (κ2) is 10.2. The van der Waals surface area contributed by atoms with Crippen molar-refractivity contribution >= 4 is 23.4 Å². The molecule has 0 spiro atoms. The van der Waals surface area contributed by atoms with Crippen LogP contribution in [0.5, 0.6) is 0 Å². The van der Waals surface area contributed by atoms with Crippen LogP contribution in [-0.4, -0.2) is 62.7 Å². The van der Waals surface area contributed by atoms with E-state index in [-0.39, 0.29) is 18.4 Å². The number of ether oxygens (including phenoxy) is 1. The summed E-state index contributed by atoms with van der Waals surface area (Å²) in [5, 5.41) is 6.40. The molecular formula is C21H30ClN3O3. The molecule has 154 valence electrons. The Balaban J connectivity index is 1.51. The number of nitrogens with one attached hydrogen (secondary N) is 2. The van der Waals surface area contributed by atoms with Crippen molar-refractivity contribution in [3.63, 3.8) is 0 Å². The van der Waals surface area contributed by atoms with E-state index >= 15 is 0 Å². The van der Waals surface area contributed by atoms with E-state index in [1.165, 1.54) is 0 Å². The second-order valence-corrected chi connectivity index (χ2v) is 8.08. The predicted molar refractivity (Wildman–Crippen MR) is 109 cm³/mol. The minimum atomic E-state index is -0.586. The molecular weight excluding hydrogens is 378 g/mol. The van der Waals surface area contributed by atoms with Crippen molar-refractivity contribution in [3.05, 3.63) is 34.9 Å². The van der Waals surface area contributed by atoms with E-state index in [1.54, 1.807) is 0 Å². The number of rotatable bonds is 7. The summed E-state index contributed by atoms with van der Waals surface area (Å²) in [6.45, 7) is 4.67. The Morgan fingerprint density at radius 3 is 2.57 bits per heavy atom. The number of halogens is 1. The average Bonchev–Trinajstić information content (AvgIpc) is 2.73. The first-order valence-corrected chi connectivity index (χ1v) is 10.6. The highest BCUT2D eigenvalue weighted by molar-refractivity contribution is 6.30. The van der Waals surface area contributed by atoms with E-state index in [4.69, 9.17) is 16.3 Å². The number of carbonyl (C=O) groups is 2. The van der Waals surface area contributed by atoms with Gasteiger partial charge < -0.3 is 15.4 Å². The van der Waals surface area contributed by atoms with Crippen molar-refractivity contribution in [2.24, 2.45) is 0 Å². The second-order valence-electron chi connectivity index (χ2n) is 7.64. The number of benzene rings is 1. The van der Waals surface area contributed by atoms with Gasteiger partial charge in [-0.1, -0.05) is 43.0 Å². The molecule has 2 amide bonds. The molecule has 7 heteroatoms. The minimum Gasteiger partial charge on any atom is -0.379 e. The topological polar surface area (TPSA) is 70.7 Å². The van der Waals surface area contributed by atoms with Crippen LogP contribution in [0, 0.1) is 0 Å². The Bertz CT molecular complexity index is 671. The van der Waals surface area contributed by atoms with Crippen molar-refractivity contribution in [3.8, 4) is 0 Å². The highest BCUT2D eigenvalue weighted by Gasteiger charge is 2.41. The van der Waals surface area contributed by atoms with E-state index in [2.05, 4.69) is 15.5 Å². The number of hydrogen-bond donors (Lipinski definition) is 2. The Morgan fingerprint density at radius 1 is 1.11 bits per heavy atom. The molecule has 2 N–H and O–H groups in total. The molecule has 28 heavy (non-hydrogen) atoms. The van der Waals surface area contributed by atoms with Gasteiger partial charge in [0.2, 0.25) is 11.8 Å². The SMILES string of the molecule is O=C(CNC(=O)C1(c2cccc(Cl)c2)CCCCC1)NCCN1CCOCC1. The smallest absolute Gasteiger partial charge is 0.239 e. The van der Waals surface area contributed by atoms with Gasteiger partial charge in [0, 0.05) is 31.2 Å². The lowest BCUT2D eigenvalue weighted by molar-refractivity contribution is -0.130. The molecule has 1 saturated carbocycles. The fourth-order valence-corrected chi connectivity index (χ4v) is 4.35. The van der Waals surface area contributed by atoms with E-state index in [0.29, 0.717) is 11.6 Å². The average molecular weight is 408 g/mol. The summed E-state index contributed by atoms with van der Waals surface area (Å²) in [5.41, 5.74) is 0.363. The van der Waals surface area contributed by atoms with Crippen molar-refractivity contribution < 1.29 is 14.3 Å². The molecule has 1 saturated heterocycles. The molecule has 1 aliphatic heterocycles. The van der Waals surface area contributed by atoms with Crippen molar-refractivity contribution in [2.75, 3.05) is 45.9 Å². The van der Waals surface area contributed by atoms with Gasteiger partial charge in [-0.2, -0.15) is 0 Å². The number of morpholine rings is 1. The van der Waals surface area contributed by atoms with Crippen LogP contribution in [0.3, 0.4) is 0 Å². The molecule has 2 aliphatic rings. The third-order valence-corrected chi connectivity index (χ3v) is 6.02. The fraction of sp³-hybridized carbons (Fsp3) is 0.619. The maximum absolute atomic E-state index is 13.1. The zero-order chi connectivity index (χ0) is 19.8. The zero-order valence-corrected chi connectivity index (χ0v) is 17.1. The van der Waals surface area contributed by atoms with Gasteiger partial charge in [-0.3, -0.25) is 14.5 Å². The third-order valence-electron chi connectivity index (χ3n) is 5.78. The number of nitrogens with zero attached hydrogens (tertiary/aromatic N) is 1. The van der Waals surface area contributed by atoms with Crippen LogP contribution in [0.25, 0.3) is 0 Å². The normalized spacial score (nSPS) is 19.8. The van der Waals surface area contributed by atoms with Crippen LogP contribution < -0.4 is 10.6 Å². The van der Waals surface area contributed by atoms with Crippen LogP contribution in [-0.2, 0) is 19.7 Å². The van der Waals surface area contributed by atoms with Crippen molar-refractivity contribution in [2.45, 2.75) is 37.5 Å². The molecule has 2 fully saturated rings. The monoisotopic (exact) mass is 407 g/mol. The molecule has 1 aromatic carbocycles.